The third kappa shape index (κ3) is 2.59. The summed E-state index contributed by atoms with van der Waals surface area (Å²) in [5.74, 6) is -0.0909. The minimum absolute atomic E-state index is 0.0909. The topological polar surface area (TPSA) is 61.4 Å². The van der Waals surface area contributed by atoms with Crippen LogP contribution in [0.15, 0.2) is 42.5 Å². The lowest BCUT2D eigenvalue weighted by Gasteiger charge is -2.11. The van der Waals surface area contributed by atoms with E-state index in [0.29, 0.717) is 13.0 Å². The molecule has 2 aromatic carbocycles. The average molecular weight is 256 g/mol. The van der Waals surface area contributed by atoms with Gasteiger partial charge in [-0.15, -0.1) is 0 Å². The second-order valence-corrected chi connectivity index (χ2v) is 4.90. The SMILES string of the molecule is O=C(Nc1ccc2ccccc2c1)[C@@H]1C[C@H](O)CN1. The first-order valence-electron chi connectivity index (χ1n) is 6.43. The van der Waals surface area contributed by atoms with Crippen molar-refractivity contribution < 1.29 is 9.90 Å². The summed E-state index contributed by atoms with van der Waals surface area (Å²) < 4.78 is 0. The number of hydrogen-bond acceptors (Lipinski definition) is 3. The van der Waals surface area contributed by atoms with E-state index in [1.807, 2.05) is 42.5 Å². The minimum Gasteiger partial charge on any atom is -0.392 e. The van der Waals surface area contributed by atoms with Crippen molar-refractivity contribution in [2.24, 2.45) is 0 Å². The monoisotopic (exact) mass is 256 g/mol. The molecule has 1 fully saturated rings. The Bertz CT molecular complexity index is 612. The predicted molar refractivity (Wildman–Crippen MR) is 75.0 cm³/mol. The van der Waals surface area contributed by atoms with E-state index < -0.39 is 6.10 Å². The summed E-state index contributed by atoms with van der Waals surface area (Å²) in [4.78, 5) is 12.0. The van der Waals surface area contributed by atoms with Gasteiger partial charge < -0.3 is 15.7 Å². The van der Waals surface area contributed by atoms with Gasteiger partial charge in [0.15, 0.2) is 0 Å². The van der Waals surface area contributed by atoms with Gasteiger partial charge in [0, 0.05) is 12.2 Å². The quantitative estimate of drug-likeness (QED) is 0.763. The van der Waals surface area contributed by atoms with Gasteiger partial charge in [-0.25, -0.2) is 0 Å². The first kappa shape index (κ1) is 12.1. The molecule has 0 spiro atoms. The first-order chi connectivity index (χ1) is 9.22. The maximum absolute atomic E-state index is 12.0. The smallest absolute Gasteiger partial charge is 0.241 e. The van der Waals surface area contributed by atoms with Gasteiger partial charge in [0.2, 0.25) is 5.91 Å². The lowest BCUT2D eigenvalue weighted by Crippen LogP contribution is -2.35. The van der Waals surface area contributed by atoms with Crippen LogP contribution in [0.25, 0.3) is 10.8 Å². The zero-order valence-electron chi connectivity index (χ0n) is 10.5. The van der Waals surface area contributed by atoms with E-state index in [1.54, 1.807) is 0 Å². The molecule has 1 aliphatic rings. The highest BCUT2D eigenvalue weighted by Crippen LogP contribution is 2.19. The van der Waals surface area contributed by atoms with Gasteiger partial charge in [-0.2, -0.15) is 0 Å². The highest BCUT2D eigenvalue weighted by molar-refractivity contribution is 5.97. The second kappa shape index (κ2) is 4.99. The van der Waals surface area contributed by atoms with E-state index >= 15 is 0 Å². The van der Waals surface area contributed by atoms with Gasteiger partial charge in [-0.1, -0.05) is 30.3 Å². The van der Waals surface area contributed by atoms with Crippen molar-refractivity contribution in [2.75, 3.05) is 11.9 Å². The molecule has 2 aromatic rings. The number of rotatable bonds is 2. The van der Waals surface area contributed by atoms with Crippen LogP contribution in [0.2, 0.25) is 0 Å². The molecule has 1 amide bonds. The van der Waals surface area contributed by atoms with Gasteiger partial charge in [-0.05, 0) is 29.3 Å². The van der Waals surface area contributed by atoms with Crippen LogP contribution in [0.1, 0.15) is 6.42 Å². The van der Waals surface area contributed by atoms with Crippen LogP contribution >= 0.6 is 0 Å². The Morgan fingerprint density at radius 1 is 1.21 bits per heavy atom. The number of hydrogen-bond donors (Lipinski definition) is 3. The number of nitrogens with one attached hydrogen (secondary N) is 2. The summed E-state index contributed by atoms with van der Waals surface area (Å²) in [5, 5.41) is 17.5. The molecule has 0 aliphatic carbocycles. The Morgan fingerprint density at radius 2 is 2.00 bits per heavy atom. The lowest BCUT2D eigenvalue weighted by molar-refractivity contribution is -0.117. The number of fused-ring (bicyclic) bond motifs is 1. The number of benzene rings is 2. The van der Waals surface area contributed by atoms with Crippen molar-refractivity contribution in [2.45, 2.75) is 18.6 Å². The molecule has 1 saturated heterocycles. The fourth-order valence-corrected chi connectivity index (χ4v) is 2.41. The van der Waals surface area contributed by atoms with E-state index in [1.165, 1.54) is 0 Å². The third-order valence-electron chi connectivity index (χ3n) is 3.44. The molecule has 0 aromatic heterocycles. The van der Waals surface area contributed by atoms with Crippen LogP contribution in [-0.2, 0) is 4.79 Å². The van der Waals surface area contributed by atoms with Gasteiger partial charge >= 0.3 is 0 Å². The van der Waals surface area contributed by atoms with Crippen molar-refractivity contribution in [1.82, 2.24) is 5.32 Å². The predicted octanol–water partition coefficient (Wildman–Crippen LogP) is 1.50. The molecule has 19 heavy (non-hydrogen) atoms. The first-order valence-corrected chi connectivity index (χ1v) is 6.43. The van der Waals surface area contributed by atoms with Crippen LogP contribution in [0.3, 0.4) is 0 Å². The average Bonchev–Trinajstić information content (AvgIpc) is 2.85. The molecular weight excluding hydrogens is 240 g/mol. The highest BCUT2D eigenvalue weighted by Gasteiger charge is 2.27. The molecule has 0 saturated carbocycles. The van der Waals surface area contributed by atoms with Crippen molar-refractivity contribution in [3.05, 3.63) is 42.5 Å². The molecule has 4 heteroatoms. The van der Waals surface area contributed by atoms with E-state index in [4.69, 9.17) is 0 Å². The Balaban J connectivity index is 1.76. The molecular formula is C15H16N2O2. The Kier molecular flexibility index (Phi) is 3.19. The van der Waals surface area contributed by atoms with Gasteiger partial charge in [0.1, 0.15) is 0 Å². The molecule has 3 rings (SSSR count). The van der Waals surface area contributed by atoms with Crippen molar-refractivity contribution in [3.63, 3.8) is 0 Å². The fourth-order valence-electron chi connectivity index (χ4n) is 2.41. The lowest BCUT2D eigenvalue weighted by atomic mass is 10.1. The largest absolute Gasteiger partial charge is 0.392 e. The van der Waals surface area contributed by atoms with Gasteiger partial charge in [0.05, 0.1) is 12.1 Å². The number of aliphatic hydroxyl groups is 1. The number of carbonyl (C=O) groups excluding carboxylic acids is 1. The van der Waals surface area contributed by atoms with Crippen LogP contribution in [0.4, 0.5) is 5.69 Å². The molecule has 1 aliphatic heterocycles. The van der Waals surface area contributed by atoms with Crippen LogP contribution < -0.4 is 10.6 Å². The fraction of sp³-hybridized carbons (Fsp3) is 0.267. The maximum atomic E-state index is 12.0. The van der Waals surface area contributed by atoms with E-state index in [0.717, 1.165) is 16.5 Å². The number of β-amino-alcohol motifs (C(OH)–C–C–N with tert-alkyl or cyclic N) is 1. The molecule has 2 atom stereocenters. The minimum atomic E-state index is -0.424. The highest BCUT2D eigenvalue weighted by atomic mass is 16.3. The van der Waals surface area contributed by atoms with Crippen molar-refractivity contribution >= 4 is 22.4 Å². The standard InChI is InChI=1S/C15H16N2O2/c18-13-8-14(16-9-13)15(19)17-12-6-5-10-3-1-2-4-11(10)7-12/h1-7,13-14,16,18H,8-9H2,(H,17,19)/t13-,14-/m0/s1. The molecule has 0 radical (unpaired) electrons. The van der Waals surface area contributed by atoms with Crippen molar-refractivity contribution in [1.29, 1.82) is 0 Å². The molecule has 98 valence electrons. The Hall–Kier alpha value is -1.91. The van der Waals surface area contributed by atoms with Crippen molar-refractivity contribution in [3.8, 4) is 0 Å². The maximum Gasteiger partial charge on any atom is 0.241 e. The number of amides is 1. The Labute approximate surface area is 111 Å². The van der Waals surface area contributed by atoms with E-state index in [-0.39, 0.29) is 11.9 Å². The third-order valence-corrected chi connectivity index (χ3v) is 3.44. The van der Waals surface area contributed by atoms with E-state index in [9.17, 15) is 9.90 Å². The summed E-state index contributed by atoms with van der Waals surface area (Å²) in [5.41, 5.74) is 0.784. The molecule has 1 heterocycles. The van der Waals surface area contributed by atoms with Crippen LogP contribution in [0, 0.1) is 0 Å². The van der Waals surface area contributed by atoms with Crippen LogP contribution in [0.5, 0.6) is 0 Å². The second-order valence-electron chi connectivity index (χ2n) is 4.90. The normalized spacial score (nSPS) is 22.6. The summed E-state index contributed by atoms with van der Waals surface area (Å²) in [6.07, 6.45) is 0.0479. The number of anilines is 1. The van der Waals surface area contributed by atoms with Gasteiger partial charge in [0.25, 0.3) is 0 Å². The summed E-state index contributed by atoms with van der Waals surface area (Å²) >= 11 is 0. The summed E-state index contributed by atoms with van der Waals surface area (Å²) in [7, 11) is 0. The number of aliphatic hydroxyl groups excluding tert-OH is 1. The zero-order valence-corrected chi connectivity index (χ0v) is 10.5. The summed E-state index contributed by atoms with van der Waals surface area (Å²) in [6.45, 7) is 0.482. The van der Waals surface area contributed by atoms with Crippen LogP contribution in [-0.4, -0.2) is 29.7 Å². The van der Waals surface area contributed by atoms with E-state index in [2.05, 4.69) is 10.6 Å². The molecule has 0 unspecified atom stereocenters. The number of carbonyl (C=O) groups is 1. The Morgan fingerprint density at radius 3 is 2.74 bits per heavy atom. The summed E-state index contributed by atoms with van der Waals surface area (Å²) in [6, 6.07) is 13.6. The van der Waals surface area contributed by atoms with Gasteiger partial charge in [-0.3, -0.25) is 4.79 Å². The molecule has 4 nitrogen and oxygen atoms in total. The zero-order chi connectivity index (χ0) is 13.2. The molecule has 3 N–H and O–H groups in total. The molecule has 0 bridgehead atoms.